The minimum absolute atomic E-state index is 0.100. The molecule has 0 aromatic heterocycles. The first kappa shape index (κ1) is 17.5. The van der Waals surface area contributed by atoms with E-state index in [0.717, 1.165) is 30.4 Å². The molecule has 0 amide bonds. The Morgan fingerprint density at radius 1 is 1.12 bits per heavy atom. The van der Waals surface area contributed by atoms with Crippen molar-refractivity contribution >= 4 is 0 Å². The lowest BCUT2D eigenvalue weighted by Gasteiger charge is -2.23. The summed E-state index contributed by atoms with van der Waals surface area (Å²) in [6.45, 7) is 4.61. The van der Waals surface area contributed by atoms with Crippen LogP contribution in [0.1, 0.15) is 17.2 Å². The molecule has 5 heteroatoms. The van der Waals surface area contributed by atoms with Gasteiger partial charge in [0.1, 0.15) is 18.1 Å². The van der Waals surface area contributed by atoms with Crippen molar-refractivity contribution in [2.75, 3.05) is 26.5 Å². The predicted molar refractivity (Wildman–Crippen MR) is 97.9 cm³/mol. The van der Waals surface area contributed by atoms with E-state index in [9.17, 15) is 0 Å². The molecule has 0 bridgehead atoms. The summed E-state index contributed by atoms with van der Waals surface area (Å²) in [5.74, 6) is 4.16. The predicted octanol–water partition coefficient (Wildman–Crippen LogP) is 2.80. The van der Waals surface area contributed by atoms with Gasteiger partial charge in [0, 0.05) is 6.54 Å². The van der Waals surface area contributed by atoms with Gasteiger partial charge in [-0.3, -0.25) is 5.32 Å². The second-order valence-electron chi connectivity index (χ2n) is 5.95. The topological polar surface area (TPSA) is 45.8 Å². The highest BCUT2D eigenvalue weighted by Gasteiger charge is 2.19. The largest absolute Gasteiger partial charge is 0.457 e. The van der Waals surface area contributed by atoms with Gasteiger partial charge in [0.2, 0.25) is 0 Å². The van der Waals surface area contributed by atoms with Crippen molar-refractivity contribution in [2.24, 2.45) is 0 Å². The number of hydrazine groups is 1. The summed E-state index contributed by atoms with van der Waals surface area (Å²) in [6.07, 6.45) is 5.25. The van der Waals surface area contributed by atoms with E-state index in [1.54, 1.807) is 0 Å². The first-order chi connectivity index (χ1) is 12.2. The zero-order valence-electron chi connectivity index (χ0n) is 14.4. The van der Waals surface area contributed by atoms with E-state index >= 15 is 0 Å². The van der Waals surface area contributed by atoms with E-state index in [1.165, 1.54) is 5.56 Å². The number of rotatable bonds is 7. The molecule has 130 valence electrons. The Kier molecular flexibility index (Phi) is 6.04. The van der Waals surface area contributed by atoms with E-state index in [4.69, 9.17) is 15.9 Å². The molecule has 0 aliphatic carbocycles. The summed E-state index contributed by atoms with van der Waals surface area (Å²) in [5.41, 5.74) is 5.53. The van der Waals surface area contributed by atoms with Gasteiger partial charge in [0.05, 0.1) is 19.4 Å². The summed E-state index contributed by atoms with van der Waals surface area (Å²) < 4.78 is 11.7. The van der Waals surface area contributed by atoms with Crippen molar-refractivity contribution < 1.29 is 9.47 Å². The summed E-state index contributed by atoms with van der Waals surface area (Å²) in [4.78, 5) is 0. The first-order valence-corrected chi connectivity index (χ1v) is 8.33. The summed E-state index contributed by atoms with van der Waals surface area (Å²) >= 11 is 0. The second-order valence-corrected chi connectivity index (χ2v) is 5.95. The fourth-order valence-electron chi connectivity index (χ4n) is 2.64. The molecule has 25 heavy (non-hydrogen) atoms. The Balaban J connectivity index is 1.66. The SMILES string of the molecule is C#CCOC(CN1CNCN1)c1ccc(Oc2ccc(C)cc2)cc1. The Labute approximate surface area is 148 Å². The van der Waals surface area contributed by atoms with Crippen molar-refractivity contribution in [1.82, 2.24) is 15.8 Å². The third kappa shape index (κ3) is 5.05. The maximum Gasteiger partial charge on any atom is 0.127 e. The van der Waals surface area contributed by atoms with Crippen LogP contribution in [0.3, 0.4) is 0 Å². The standard InChI is InChI=1S/C20H23N3O2/c1-3-12-24-20(13-23-15-21-14-22-23)17-6-10-19(11-7-17)25-18-8-4-16(2)5-9-18/h1,4-11,20-22H,12-15H2,2H3. The van der Waals surface area contributed by atoms with Gasteiger partial charge >= 0.3 is 0 Å². The molecule has 0 spiro atoms. The number of aryl methyl sites for hydroxylation is 1. The maximum atomic E-state index is 5.88. The molecular weight excluding hydrogens is 314 g/mol. The molecule has 5 nitrogen and oxygen atoms in total. The molecule has 1 aliphatic heterocycles. The average Bonchev–Trinajstić information content (AvgIpc) is 3.14. The molecule has 1 fully saturated rings. The number of terminal acetylenes is 1. The molecular formula is C20H23N3O2. The first-order valence-electron chi connectivity index (χ1n) is 8.33. The number of hydrogen-bond donors (Lipinski definition) is 2. The van der Waals surface area contributed by atoms with Crippen LogP contribution in [0.25, 0.3) is 0 Å². The Hall–Kier alpha value is -2.36. The lowest BCUT2D eigenvalue weighted by molar-refractivity contribution is 0.0385. The highest BCUT2D eigenvalue weighted by atomic mass is 16.5. The highest BCUT2D eigenvalue weighted by molar-refractivity contribution is 5.35. The number of benzene rings is 2. The Morgan fingerprint density at radius 3 is 2.40 bits per heavy atom. The van der Waals surface area contributed by atoms with Gasteiger partial charge in [0.25, 0.3) is 0 Å². The molecule has 1 heterocycles. The average molecular weight is 337 g/mol. The number of nitrogens with zero attached hydrogens (tertiary/aromatic N) is 1. The van der Waals surface area contributed by atoms with Crippen LogP contribution < -0.4 is 15.5 Å². The zero-order chi connectivity index (χ0) is 17.5. The molecule has 0 radical (unpaired) electrons. The Morgan fingerprint density at radius 2 is 1.80 bits per heavy atom. The van der Waals surface area contributed by atoms with Crippen molar-refractivity contribution in [1.29, 1.82) is 0 Å². The van der Waals surface area contributed by atoms with Crippen molar-refractivity contribution in [3.8, 4) is 23.8 Å². The van der Waals surface area contributed by atoms with E-state index in [1.807, 2.05) is 48.5 Å². The zero-order valence-corrected chi connectivity index (χ0v) is 14.4. The van der Waals surface area contributed by atoms with Gasteiger partial charge in [0.15, 0.2) is 0 Å². The highest BCUT2D eigenvalue weighted by Crippen LogP contribution is 2.25. The summed E-state index contributed by atoms with van der Waals surface area (Å²) in [5, 5.41) is 5.31. The van der Waals surface area contributed by atoms with E-state index < -0.39 is 0 Å². The molecule has 2 aromatic carbocycles. The van der Waals surface area contributed by atoms with Crippen LogP contribution in [0.2, 0.25) is 0 Å². The van der Waals surface area contributed by atoms with Crippen LogP contribution in [0, 0.1) is 19.3 Å². The third-order valence-electron chi connectivity index (χ3n) is 3.99. The molecule has 1 unspecified atom stereocenters. The molecule has 1 atom stereocenters. The summed E-state index contributed by atoms with van der Waals surface area (Å²) in [6, 6.07) is 16.0. The van der Waals surface area contributed by atoms with Gasteiger partial charge < -0.3 is 9.47 Å². The molecule has 2 aromatic rings. The van der Waals surface area contributed by atoms with E-state index in [0.29, 0.717) is 6.54 Å². The maximum absolute atomic E-state index is 5.88. The minimum atomic E-state index is -0.100. The lowest BCUT2D eigenvalue weighted by Crippen LogP contribution is -2.35. The molecule has 1 aliphatic rings. The minimum Gasteiger partial charge on any atom is -0.457 e. The monoisotopic (exact) mass is 337 g/mol. The van der Waals surface area contributed by atoms with Crippen LogP contribution in [0.4, 0.5) is 0 Å². The quantitative estimate of drug-likeness (QED) is 0.761. The van der Waals surface area contributed by atoms with Crippen LogP contribution in [0.5, 0.6) is 11.5 Å². The number of nitrogens with one attached hydrogen (secondary N) is 2. The van der Waals surface area contributed by atoms with Gasteiger partial charge in [-0.1, -0.05) is 35.7 Å². The van der Waals surface area contributed by atoms with Crippen molar-refractivity contribution in [3.63, 3.8) is 0 Å². The molecule has 0 saturated carbocycles. The fourth-order valence-corrected chi connectivity index (χ4v) is 2.64. The van der Waals surface area contributed by atoms with Crippen LogP contribution in [0.15, 0.2) is 48.5 Å². The van der Waals surface area contributed by atoms with Gasteiger partial charge in [-0.15, -0.1) is 6.42 Å². The van der Waals surface area contributed by atoms with Crippen molar-refractivity contribution in [2.45, 2.75) is 13.0 Å². The molecule has 2 N–H and O–H groups in total. The van der Waals surface area contributed by atoms with E-state index in [2.05, 4.69) is 28.6 Å². The van der Waals surface area contributed by atoms with Crippen LogP contribution in [-0.2, 0) is 4.74 Å². The fraction of sp³-hybridized carbons (Fsp3) is 0.300. The van der Waals surface area contributed by atoms with Crippen LogP contribution in [-0.4, -0.2) is 31.5 Å². The third-order valence-corrected chi connectivity index (χ3v) is 3.99. The van der Waals surface area contributed by atoms with Crippen LogP contribution >= 0.6 is 0 Å². The van der Waals surface area contributed by atoms with Gasteiger partial charge in [-0.2, -0.15) is 0 Å². The normalized spacial score (nSPS) is 15.7. The van der Waals surface area contributed by atoms with E-state index in [-0.39, 0.29) is 12.7 Å². The Bertz CT molecular complexity index is 701. The summed E-state index contributed by atoms with van der Waals surface area (Å²) in [7, 11) is 0. The number of hydrogen-bond acceptors (Lipinski definition) is 5. The lowest BCUT2D eigenvalue weighted by atomic mass is 10.1. The van der Waals surface area contributed by atoms with Gasteiger partial charge in [-0.25, -0.2) is 10.4 Å². The number of ether oxygens (including phenoxy) is 2. The molecule has 3 rings (SSSR count). The van der Waals surface area contributed by atoms with Gasteiger partial charge in [-0.05, 0) is 36.8 Å². The van der Waals surface area contributed by atoms with Crippen molar-refractivity contribution in [3.05, 3.63) is 59.7 Å². The molecule has 1 saturated heterocycles. The smallest absolute Gasteiger partial charge is 0.127 e. The second kappa shape index (κ2) is 8.65.